The highest BCUT2D eigenvalue weighted by Gasteiger charge is 2.19. The quantitative estimate of drug-likeness (QED) is 0.668. The molecule has 1 aromatic rings. The van der Waals surface area contributed by atoms with Crippen molar-refractivity contribution in [3.8, 4) is 0 Å². The van der Waals surface area contributed by atoms with Crippen LogP contribution in [0.25, 0.3) is 0 Å². The summed E-state index contributed by atoms with van der Waals surface area (Å²) in [4.78, 5) is 15.1. The number of nitrogens with two attached hydrogens (primary N) is 1. The third-order valence-corrected chi connectivity index (χ3v) is 2.79. The predicted octanol–water partition coefficient (Wildman–Crippen LogP) is 2.60. The number of nitrogen functional groups attached to an aromatic ring is 1. The van der Waals surface area contributed by atoms with Crippen molar-refractivity contribution in [2.24, 2.45) is 0 Å². The van der Waals surface area contributed by atoms with Crippen molar-refractivity contribution in [2.45, 2.75) is 25.1 Å². The molecule has 0 aliphatic carbocycles. The summed E-state index contributed by atoms with van der Waals surface area (Å²) in [5.41, 5.74) is 5.66. The molecule has 0 aliphatic heterocycles. The Bertz CT molecular complexity index is 441. The molecule has 0 bridgehead atoms. The van der Waals surface area contributed by atoms with E-state index in [-0.39, 0.29) is 18.7 Å². The van der Waals surface area contributed by atoms with Crippen LogP contribution in [0, 0.1) is 0 Å². The first-order chi connectivity index (χ1) is 8.49. The van der Waals surface area contributed by atoms with E-state index in [0.717, 1.165) is 0 Å². The van der Waals surface area contributed by atoms with Gasteiger partial charge in [-0.05, 0) is 18.6 Å². The maximum atomic E-state index is 12.7. The number of ether oxygens (including phenoxy) is 1. The first kappa shape index (κ1) is 14.8. The number of rotatable bonds is 5. The molecule has 0 fully saturated rings. The molecule has 0 saturated heterocycles. The smallest absolute Gasteiger partial charge is 0.310 e. The fourth-order valence-corrected chi connectivity index (χ4v) is 1.73. The maximum Gasteiger partial charge on any atom is 0.310 e. The molecule has 18 heavy (non-hydrogen) atoms. The molecule has 0 atom stereocenters. The third kappa shape index (κ3) is 3.63. The second kappa shape index (κ2) is 6.63. The number of hydrogen-bond donors (Lipinski definition) is 1. The highest BCUT2D eigenvalue weighted by atomic mass is 79.9. The Morgan fingerprint density at radius 2 is 2.28 bits per heavy atom. The molecule has 0 spiro atoms. The lowest BCUT2D eigenvalue weighted by molar-refractivity contribution is -0.142. The zero-order chi connectivity index (χ0) is 13.7. The zero-order valence-electron chi connectivity index (χ0n) is 9.75. The van der Waals surface area contributed by atoms with E-state index in [1.54, 1.807) is 6.92 Å². The summed E-state index contributed by atoms with van der Waals surface area (Å²) < 4.78 is 30.2. The second-order valence-electron chi connectivity index (χ2n) is 3.49. The van der Waals surface area contributed by atoms with Crippen molar-refractivity contribution in [3.05, 3.63) is 23.0 Å². The fourth-order valence-electron chi connectivity index (χ4n) is 1.44. The molecule has 7 heteroatoms. The van der Waals surface area contributed by atoms with Gasteiger partial charge in [0.25, 0.3) is 6.43 Å². The fraction of sp³-hybridized carbons (Fsp3) is 0.455. The van der Waals surface area contributed by atoms with Crippen molar-refractivity contribution < 1.29 is 18.3 Å². The molecule has 0 saturated carbocycles. The summed E-state index contributed by atoms with van der Waals surface area (Å²) in [6.07, 6.45) is -2.91. The van der Waals surface area contributed by atoms with E-state index in [9.17, 15) is 13.6 Å². The van der Waals surface area contributed by atoms with Gasteiger partial charge in [-0.15, -0.1) is 0 Å². The van der Waals surface area contributed by atoms with Gasteiger partial charge < -0.3 is 10.5 Å². The molecule has 0 aliphatic rings. The molecule has 0 unspecified atom stereocenters. The average molecular weight is 323 g/mol. The van der Waals surface area contributed by atoms with Gasteiger partial charge in [-0.1, -0.05) is 15.9 Å². The number of carbonyl (C=O) groups is 1. The average Bonchev–Trinajstić information content (AvgIpc) is 2.31. The van der Waals surface area contributed by atoms with Crippen LogP contribution in [0.3, 0.4) is 0 Å². The van der Waals surface area contributed by atoms with Gasteiger partial charge in [-0.25, -0.2) is 13.8 Å². The lowest BCUT2D eigenvalue weighted by Gasteiger charge is -2.11. The third-order valence-electron chi connectivity index (χ3n) is 2.21. The highest BCUT2D eigenvalue weighted by molar-refractivity contribution is 9.08. The Morgan fingerprint density at radius 3 is 2.78 bits per heavy atom. The summed E-state index contributed by atoms with van der Waals surface area (Å²) in [6, 6.07) is 1.52. The number of halogens is 3. The summed E-state index contributed by atoms with van der Waals surface area (Å²) >= 11 is 3.13. The summed E-state index contributed by atoms with van der Waals surface area (Å²) in [6.45, 7) is 1.90. The van der Waals surface area contributed by atoms with Gasteiger partial charge in [0.2, 0.25) is 0 Å². The minimum atomic E-state index is -2.77. The molecule has 2 N–H and O–H groups in total. The van der Waals surface area contributed by atoms with Crippen LogP contribution in [0.15, 0.2) is 6.07 Å². The van der Waals surface area contributed by atoms with Crippen LogP contribution in [0.1, 0.15) is 30.3 Å². The number of carbonyl (C=O) groups excluding carboxylic acids is 1. The first-order valence-corrected chi connectivity index (χ1v) is 6.39. The Balaban J connectivity index is 3.09. The molecular formula is C11H13BrF2N2O2. The first-order valence-electron chi connectivity index (χ1n) is 5.27. The number of esters is 1. The Morgan fingerprint density at radius 1 is 1.61 bits per heavy atom. The summed E-state index contributed by atoms with van der Waals surface area (Å²) in [5, 5.41) is 0.308. The van der Waals surface area contributed by atoms with Crippen LogP contribution in [-0.2, 0) is 21.3 Å². The maximum absolute atomic E-state index is 12.7. The van der Waals surface area contributed by atoms with E-state index >= 15 is 0 Å². The molecule has 0 radical (unpaired) electrons. The normalized spacial score (nSPS) is 10.7. The monoisotopic (exact) mass is 322 g/mol. The SMILES string of the molecule is CCOC(=O)Cc1cc(CBr)nc(C(F)F)c1N. The molecule has 1 heterocycles. The van der Waals surface area contributed by atoms with Crippen molar-refractivity contribution in [2.75, 3.05) is 12.3 Å². The van der Waals surface area contributed by atoms with Crippen LogP contribution in [0.4, 0.5) is 14.5 Å². The van der Waals surface area contributed by atoms with Gasteiger partial charge in [0.15, 0.2) is 0 Å². The van der Waals surface area contributed by atoms with Gasteiger partial charge in [-0.3, -0.25) is 4.79 Å². The number of hydrogen-bond acceptors (Lipinski definition) is 4. The molecule has 1 rings (SSSR count). The number of anilines is 1. The van der Waals surface area contributed by atoms with Crippen molar-refractivity contribution in [1.82, 2.24) is 4.98 Å². The molecule has 1 aromatic heterocycles. The van der Waals surface area contributed by atoms with Crippen LogP contribution >= 0.6 is 15.9 Å². The number of aromatic nitrogens is 1. The van der Waals surface area contributed by atoms with E-state index in [4.69, 9.17) is 10.5 Å². The van der Waals surface area contributed by atoms with Crippen LogP contribution in [-0.4, -0.2) is 17.6 Å². The van der Waals surface area contributed by atoms with Crippen LogP contribution < -0.4 is 5.73 Å². The molecule has 0 amide bonds. The molecule has 4 nitrogen and oxygen atoms in total. The topological polar surface area (TPSA) is 65.2 Å². The second-order valence-corrected chi connectivity index (χ2v) is 4.05. The van der Waals surface area contributed by atoms with Crippen LogP contribution in [0.5, 0.6) is 0 Å². The standard InChI is InChI=1S/C11H13BrF2N2O2/c1-2-18-8(17)4-6-3-7(5-12)16-10(9(6)15)11(13)14/h3,11H,2,4-5,15H2,1H3. The predicted molar refractivity (Wildman–Crippen MR) is 66.6 cm³/mol. The van der Waals surface area contributed by atoms with Crippen LogP contribution in [0.2, 0.25) is 0 Å². The van der Waals surface area contributed by atoms with Crippen molar-refractivity contribution in [1.29, 1.82) is 0 Å². The van der Waals surface area contributed by atoms with Gasteiger partial charge in [0.1, 0.15) is 5.69 Å². The minimum Gasteiger partial charge on any atom is -0.466 e. The van der Waals surface area contributed by atoms with E-state index in [1.807, 2.05) is 0 Å². The Hall–Kier alpha value is -1.24. The molecule has 100 valence electrons. The van der Waals surface area contributed by atoms with Gasteiger partial charge in [0, 0.05) is 5.33 Å². The summed E-state index contributed by atoms with van der Waals surface area (Å²) in [7, 11) is 0. The van der Waals surface area contributed by atoms with E-state index in [0.29, 0.717) is 16.6 Å². The summed E-state index contributed by atoms with van der Waals surface area (Å²) in [5.74, 6) is -0.504. The van der Waals surface area contributed by atoms with Gasteiger partial charge in [0.05, 0.1) is 24.4 Å². The number of alkyl halides is 3. The van der Waals surface area contributed by atoms with E-state index in [1.165, 1.54) is 6.07 Å². The number of nitrogens with zero attached hydrogens (tertiary/aromatic N) is 1. The zero-order valence-corrected chi connectivity index (χ0v) is 11.3. The minimum absolute atomic E-state index is 0.137. The van der Waals surface area contributed by atoms with Gasteiger partial charge in [-0.2, -0.15) is 0 Å². The van der Waals surface area contributed by atoms with Gasteiger partial charge >= 0.3 is 5.97 Å². The molecule has 0 aromatic carbocycles. The molecular weight excluding hydrogens is 310 g/mol. The van der Waals surface area contributed by atoms with E-state index in [2.05, 4.69) is 20.9 Å². The van der Waals surface area contributed by atoms with Crippen molar-refractivity contribution >= 4 is 27.6 Å². The van der Waals surface area contributed by atoms with Crippen molar-refractivity contribution in [3.63, 3.8) is 0 Å². The Labute approximate surface area is 112 Å². The number of pyridine rings is 1. The highest BCUT2D eigenvalue weighted by Crippen LogP contribution is 2.27. The Kier molecular flexibility index (Phi) is 5.46. The van der Waals surface area contributed by atoms with E-state index < -0.39 is 18.1 Å². The lowest BCUT2D eigenvalue weighted by atomic mass is 10.1. The lowest BCUT2D eigenvalue weighted by Crippen LogP contribution is -2.12. The largest absolute Gasteiger partial charge is 0.466 e.